The van der Waals surface area contributed by atoms with E-state index >= 15 is 0 Å². The number of rotatable bonds is 1. The summed E-state index contributed by atoms with van der Waals surface area (Å²) in [4.78, 5) is 0. The van der Waals surface area contributed by atoms with Gasteiger partial charge in [-0.3, -0.25) is 0 Å². The van der Waals surface area contributed by atoms with Crippen molar-refractivity contribution in [1.82, 2.24) is 0 Å². The van der Waals surface area contributed by atoms with Crippen LogP contribution in [0.4, 0.5) is 0 Å². The molecule has 1 rings (SSSR count). The van der Waals surface area contributed by atoms with Gasteiger partial charge in [-0.2, -0.15) is 0 Å². The Morgan fingerprint density at radius 2 is 2.60 bits per heavy atom. The minimum absolute atomic E-state index is 1.28. The molecule has 0 saturated carbocycles. The molecule has 0 heteroatoms. The molecule has 0 heterocycles. The maximum atomic E-state index is 2.26. The van der Waals surface area contributed by atoms with E-state index in [2.05, 4.69) is 13.0 Å². The zero-order valence-electron chi connectivity index (χ0n) is 3.49. The third kappa shape index (κ3) is 0.504. The molecular weight excluding hydrogens is 60.1 g/mol. The lowest BCUT2D eigenvalue weighted by Crippen LogP contribution is -1.47. The van der Waals surface area contributed by atoms with Crippen LogP contribution in [-0.4, -0.2) is 0 Å². The molecule has 0 amide bonds. The summed E-state index contributed by atoms with van der Waals surface area (Å²) in [6.07, 6.45) is 4.84. The van der Waals surface area contributed by atoms with Gasteiger partial charge < -0.3 is 0 Å². The predicted molar refractivity (Wildman–Crippen MR) is 23.0 cm³/mol. The summed E-state index contributed by atoms with van der Waals surface area (Å²) in [5, 5.41) is 0. The zero-order chi connectivity index (χ0) is 3.70. The first-order valence-corrected chi connectivity index (χ1v) is 2.11. The minimum Gasteiger partial charge on any atom is -0.0810 e. The van der Waals surface area contributed by atoms with Crippen molar-refractivity contribution in [2.75, 3.05) is 0 Å². The van der Waals surface area contributed by atoms with Crippen molar-refractivity contribution in [2.24, 2.45) is 0 Å². The lowest BCUT2D eigenvalue weighted by Gasteiger charge is -1.67. The molecule has 0 aromatic heterocycles. The lowest BCUT2D eigenvalue weighted by molar-refractivity contribution is 1.15. The van der Waals surface area contributed by atoms with Crippen LogP contribution < -0.4 is 0 Å². The Kier molecular flexibility index (Phi) is 0.503. The quantitative estimate of drug-likeness (QED) is 0.410. The molecule has 0 spiro atoms. The largest absolute Gasteiger partial charge is 0.0810 e. The van der Waals surface area contributed by atoms with Crippen LogP contribution in [0.2, 0.25) is 0 Å². The fourth-order valence-corrected chi connectivity index (χ4v) is 0.361. The first kappa shape index (κ1) is 2.95. The Morgan fingerprint density at radius 1 is 2.00 bits per heavy atom. The first-order valence-electron chi connectivity index (χ1n) is 2.11. The summed E-state index contributed by atoms with van der Waals surface area (Å²) in [7, 11) is 0. The molecule has 1 aliphatic carbocycles. The normalized spacial score (nSPS) is 18.2. The second-order valence-corrected chi connectivity index (χ2v) is 1.42. The van der Waals surface area contributed by atoms with Gasteiger partial charge in [-0.15, -0.1) is 0 Å². The van der Waals surface area contributed by atoms with Crippen molar-refractivity contribution >= 4 is 0 Å². The van der Waals surface area contributed by atoms with E-state index in [1.165, 1.54) is 12.8 Å². The summed E-state index contributed by atoms with van der Waals surface area (Å²) < 4.78 is 0. The predicted octanol–water partition coefficient (Wildman–Crippen LogP) is 1.73. The molecule has 0 saturated heterocycles. The van der Waals surface area contributed by atoms with Crippen molar-refractivity contribution in [3.63, 3.8) is 0 Å². The van der Waals surface area contributed by atoms with Crippen LogP contribution >= 0.6 is 0 Å². The van der Waals surface area contributed by atoms with Crippen molar-refractivity contribution < 1.29 is 0 Å². The van der Waals surface area contributed by atoms with Crippen LogP contribution in [0.1, 0.15) is 19.8 Å². The van der Waals surface area contributed by atoms with Crippen molar-refractivity contribution in [3.8, 4) is 0 Å². The van der Waals surface area contributed by atoms with E-state index in [-0.39, 0.29) is 0 Å². The second-order valence-electron chi connectivity index (χ2n) is 1.42. The van der Waals surface area contributed by atoms with Crippen LogP contribution in [0.3, 0.4) is 0 Å². The number of allylic oxidation sites excluding steroid dienone is 2. The molecule has 0 nitrogen and oxygen atoms in total. The molecule has 5 heavy (non-hydrogen) atoms. The van der Waals surface area contributed by atoms with Gasteiger partial charge in [-0.05, 0) is 12.8 Å². The Labute approximate surface area is 32.5 Å². The highest BCUT2D eigenvalue weighted by atomic mass is 14.1. The van der Waals surface area contributed by atoms with Crippen molar-refractivity contribution in [2.45, 2.75) is 19.8 Å². The van der Waals surface area contributed by atoms with Crippen LogP contribution in [0.25, 0.3) is 0 Å². The molecule has 0 aromatic carbocycles. The second kappa shape index (κ2) is 0.852. The van der Waals surface area contributed by atoms with Gasteiger partial charge in [0.05, 0.1) is 0 Å². The average Bonchev–Trinajstić information content (AvgIpc) is 2.12. The third-order valence-electron chi connectivity index (χ3n) is 0.947. The summed E-state index contributed by atoms with van der Waals surface area (Å²) in [6, 6.07) is 0. The Morgan fingerprint density at radius 3 is 2.60 bits per heavy atom. The van der Waals surface area contributed by atoms with Crippen LogP contribution in [0.15, 0.2) is 11.6 Å². The fourth-order valence-electron chi connectivity index (χ4n) is 0.361. The van der Waals surface area contributed by atoms with E-state index < -0.39 is 0 Å². The van der Waals surface area contributed by atoms with Gasteiger partial charge in [0.1, 0.15) is 0 Å². The Hall–Kier alpha value is -0.260. The number of hydrogen-bond donors (Lipinski definition) is 0. The van der Waals surface area contributed by atoms with Crippen molar-refractivity contribution in [3.05, 3.63) is 11.6 Å². The topological polar surface area (TPSA) is 0 Å². The fraction of sp³-hybridized carbons (Fsp3) is 0.600. The molecule has 0 aromatic rings. The smallest absolute Gasteiger partial charge is 0.0136 e. The molecule has 0 bridgehead atoms. The van der Waals surface area contributed by atoms with E-state index in [1.54, 1.807) is 5.57 Å². The maximum Gasteiger partial charge on any atom is -0.0136 e. The minimum atomic E-state index is 1.28. The van der Waals surface area contributed by atoms with Gasteiger partial charge >= 0.3 is 0 Å². The van der Waals surface area contributed by atoms with Crippen molar-refractivity contribution in [1.29, 1.82) is 0 Å². The standard InChI is InChI=1S/C5H8/c1-2-5-3-4-5/h3H,2,4H2,1H3. The molecular formula is C5H8. The summed E-state index contributed by atoms with van der Waals surface area (Å²) in [5.74, 6) is 0. The van der Waals surface area contributed by atoms with Gasteiger partial charge in [0.25, 0.3) is 0 Å². The van der Waals surface area contributed by atoms with Gasteiger partial charge in [-0.1, -0.05) is 18.6 Å². The van der Waals surface area contributed by atoms with Gasteiger partial charge in [0.2, 0.25) is 0 Å². The Balaban J connectivity index is 2.22. The molecule has 0 aliphatic heterocycles. The number of hydrogen-bond acceptors (Lipinski definition) is 0. The molecule has 0 fully saturated rings. The molecule has 0 atom stereocenters. The highest BCUT2D eigenvalue weighted by Gasteiger charge is 2.00. The Bertz CT molecular complexity index is 60.4. The summed E-state index contributed by atoms with van der Waals surface area (Å²) in [6.45, 7) is 2.19. The maximum absolute atomic E-state index is 2.26. The molecule has 0 unspecified atom stereocenters. The van der Waals surface area contributed by atoms with E-state index in [1.807, 2.05) is 0 Å². The SMILES string of the molecule is CCC1=CC1. The van der Waals surface area contributed by atoms with Crippen LogP contribution in [-0.2, 0) is 0 Å². The summed E-state index contributed by atoms with van der Waals surface area (Å²) >= 11 is 0. The molecule has 1 aliphatic rings. The van der Waals surface area contributed by atoms with E-state index in [0.29, 0.717) is 0 Å². The molecule has 0 N–H and O–H groups in total. The van der Waals surface area contributed by atoms with Crippen LogP contribution in [0.5, 0.6) is 0 Å². The highest BCUT2D eigenvalue weighted by Crippen LogP contribution is 2.20. The zero-order valence-corrected chi connectivity index (χ0v) is 3.49. The van der Waals surface area contributed by atoms with Gasteiger partial charge in [-0.25, -0.2) is 0 Å². The van der Waals surface area contributed by atoms with E-state index in [0.717, 1.165) is 0 Å². The van der Waals surface area contributed by atoms with Gasteiger partial charge in [0.15, 0.2) is 0 Å². The molecule has 0 radical (unpaired) electrons. The third-order valence-corrected chi connectivity index (χ3v) is 0.947. The molecule has 28 valence electrons. The lowest BCUT2D eigenvalue weighted by atomic mass is 10.4. The van der Waals surface area contributed by atoms with E-state index in [4.69, 9.17) is 0 Å². The van der Waals surface area contributed by atoms with Crippen LogP contribution in [0, 0.1) is 0 Å². The summed E-state index contributed by atoms with van der Waals surface area (Å²) in [5.41, 5.74) is 1.63. The highest BCUT2D eigenvalue weighted by molar-refractivity contribution is 5.20. The van der Waals surface area contributed by atoms with Gasteiger partial charge in [0, 0.05) is 0 Å². The average molecular weight is 68.1 g/mol. The first-order chi connectivity index (χ1) is 2.43. The van der Waals surface area contributed by atoms with E-state index in [9.17, 15) is 0 Å². The monoisotopic (exact) mass is 68.1 g/mol.